The monoisotopic (exact) mass is 448 g/mol. The second-order valence-corrected chi connectivity index (χ2v) is 9.05. The molecule has 1 fully saturated rings. The van der Waals surface area contributed by atoms with Crippen molar-refractivity contribution >= 4 is 29.3 Å². The van der Waals surface area contributed by atoms with Crippen molar-refractivity contribution in [2.45, 2.75) is 43.0 Å². The first-order valence-electron chi connectivity index (χ1n) is 11.0. The Morgan fingerprint density at radius 1 is 1.06 bits per heavy atom. The fourth-order valence-corrected chi connectivity index (χ4v) is 4.98. The standard InChI is InChI=1S/C25H28N4O2S/c1-28(20-8-3-2-4-9-20)24(30)18-32-23-11-6-5-10-22(23)25(31)27-19-12-14-21(15-13-19)29-17-7-16-26-29/h5-7,10-17,20H,2-4,8-9,18H2,1H3,(H,27,31). The van der Waals surface area contributed by atoms with Gasteiger partial charge in [0.1, 0.15) is 0 Å². The van der Waals surface area contributed by atoms with Crippen molar-refractivity contribution in [3.8, 4) is 5.69 Å². The topological polar surface area (TPSA) is 67.2 Å². The van der Waals surface area contributed by atoms with Crippen LogP contribution in [0.15, 0.2) is 71.9 Å². The Morgan fingerprint density at radius 3 is 2.53 bits per heavy atom. The summed E-state index contributed by atoms with van der Waals surface area (Å²) in [4.78, 5) is 28.4. The first-order chi connectivity index (χ1) is 15.6. The van der Waals surface area contributed by atoms with Crippen LogP contribution in [0, 0.1) is 0 Å². The van der Waals surface area contributed by atoms with E-state index in [-0.39, 0.29) is 11.8 Å². The van der Waals surface area contributed by atoms with E-state index in [0.29, 0.717) is 23.0 Å². The van der Waals surface area contributed by atoms with E-state index < -0.39 is 0 Å². The first kappa shape index (κ1) is 22.1. The molecule has 3 aromatic rings. The van der Waals surface area contributed by atoms with Crippen LogP contribution in [0.2, 0.25) is 0 Å². The highest BCUT2D eigenvalue weighted by Gasteiger charge is 2.22. The number of benzene rings is 2. The molecule has 1 saturated carbocycles. The summed E-state index contributed by atoms with van der Waals surface area (Å²) >= 11 is 1.42. The Balaban J connectivity index is 1.38. The molecule has 4 rings (SSSR count). The molecular formula is C25H28N4O2S. The molecule has 0 bridgehead atoms. The maximum Gasteiger partial charge on any atom is 0.256 e. The molecule has 0 atom stereocenters. The third-order valence-corrected chi connectivity index (χ3v) is 6.95. The Labute approximate surface area is 193 Å². The molecule has 1 aromatic heterocycles. The quantitative estimate of drug-likeness (QED) is 0.516. The molecule has 32 heavy (non-hydrogen) atoms. The molecule has 2 amide bonds. The van der Waals surface area contributed by atoms with Gasteiger partial charge in [-0.3, -0.25) is 9.59 Å². The third-order valence-electron chi connectivity index (χ3n) is 5.89. The van der Waals surface area contributed by atoms with E-state index in [2.05, 4.69) is 10.4 Å². The van der Waals surface area contributed by atoms with Gasteiger partial charge >= 0.3 is 0 Å². The zero-order valence-corrected chi connectivity index (χ0v) is 19.1. The molecule has 6 nitrogen and oxygen atoms in total. The van der Waals surface area contributed by atoms with Gasteiger partial charge in [-0.15, -0.1) is 11.8 Å². The highest BCUT2D eigenvalue weighted by molar-refractivity contribution is 8.00. The number of aromatic nitrogens is 2. The summed E-state index contributed by atoms with van der Waals surface area (Å²) in [5, 5.41) is 7.16. The van der Waals surface area contributed by atoms with Crippen LogP contribution in [-0.4, -0.2) is 45.3 Å². The zero-order chi connectivity index (χ0) is 22.3. The molecule has 1 aliphatic carbocycles. The molecule has 2 aromatic carbocycles. The fraction of sp³-hybridized carbons (Fsp3) is 0.320. The predicted molar refractivity (Wildman–Crippen MR) is 128 cm³/mol. The number of rotatable bonds is 7. The van der Waals surface area contributed by atoms with Gasteiger partial charge in [0.25, 0.3) is 5.91 Å². The molecule has 0 radical (unpaired) electrons. The van der Waals surface area contributed by atoms with E-state index in [1.165, 1.54) is 31.0 Å². The number of hydrogen-bond donors (Lipinski definition) is 1. The van der Waals surface area contributed by atoms with Crippen molar-refractivity contribution < 1.29 is 9.59 Å². The fourth-order valence-electron chi connectivity index (χ4n) is 4.01. The molecule has 166 valence electrons. The SMILES string of the molecule is CN(C(=O)CSc1ccccc1C(=O)Nc1ccc(-n2cccn2)cc1)C1CCCCC1. The lowest BCUT2D eigenvalue weighted by molar-refractivity contribution is -0.129. The second kappa shape index (κ2) is 10.5. The smallest absolute Gasteiger partial charge is 0.256 e. The lowest BCUT2D eigenvalue weighted by Gasteiger charge is -2.31. The van der Waals surface area contributed by atoms with E-state index in [9.17, 15) is 9.59 Å². The van der Waals surface area contributed by atoms with Crippen LogP contribution in [0.5, 0.6) is 0 Å². The summed E-state index contributed by atoms with van der Waals surface area (Å²) in [5.41, 5.74) is 2.20. The molecular weight excluding hydrogens is 420 g/mol. The number of anilines is 1. The number of nitrogens with one attached hydrogen (secondary N) is 1. The lowest BCUT2D eigenvalue weighted by Crippen LogP contribution is -2.39. The van der Waals surface area contributed by atoms with Crippen molar-refractivity contribution in [1.29, 1.82) is 0 Å². The Bertz CT molecular complexity index is 1040. The number of amides is 2. The van der Waals surface area contributed by atoms with Crippen LogP contribution in [0.4, 0.5) is 5.69 Å². The van der Waals surface area contributed by atoms with Crippen molar-refractivity contribution in [3.63, 3.8) is 0 Å². The number of carbonyl (C=O) groups is 2. The van der Waals surface area contributed by atoms with E-state index >= 15 is 0 Å². The van der Waals surface area contributed by atoms with E-state index in [4.69, 9.17) is 0 Å². The molecule has 0 aliphatic heterocycles. The van der Waals surface area contributed by atoms with Crippen LogP contribution in [0.25, 0.3) is 5.69 Å². The van der Waals surface area contributed by atoms with Gasteiger partial charge in [-0.25, -0.2) is 4.68 Å². The molecule has 1 aliphatic rings. The summed E-state index contributed by atoms with van der Waals surface area (Å²) in [6.45, 7) is 0. The molecule has 1 heterocycles. The summed E-state index contributed by atoms with van der Waals surface area (Å²) in [6.07, 6.45) is 9.43. The third kappa shape index (κ3) is 5.40. The predicted octanol–water partition coefficient (Wildman–Crippen LogP) is 5.01. The van der Waals surface area contributed by atoms with Gasteiger partial charge in [-0.2, -0.15) is 5.10 Å². The normalized spacial score (nSPS) is 14.2. The largest absolute Gasteiger partial charge is 0.342 e. The minimum atomic E-state index is -0.187. The van der Waals surface area contributed by atoms with E-state index in [1.807, 2.05) is 66.7 Å². The lowest BCUT2D eigenvalue weighted by atomic mass is 9.94. The van der Waals surface area contributed by atoms with Crippen LogP contribution < -0.4 is 5.32 Å². The van der Waals surface area contributed by atoms with Gasteiger partial charge < -0.3 is 10.2 Å². The average Bonchev–Trinajstić information content (AvgIpc) is 3.38. The summed E-state index contributed by atoms with van der Waals surface area (Å²) in [6, 6.07) is 17.2. The van der Waals surface area contributed by atoms with Gasteiger partial charge in [-0.1, -0.05) is 31.4 Å². The van der Waals surface area contributed by atoms with Crippen LogP contribution >= 0.6 is 11.8 Å². The van der Waals surface area contributed by atoms with Crippen molar-refractivity contribution in [3.05, 3.63) is 72.6 Å². The number of hydrogen-bond acceptors (Lipinski definition) is 4. The molecule has 1 N–H and O–H groups in total. The Hall–Kier alpha value is -3.06. The molecule has 0 spiro atoms. The van der Waals surface area contributed by atoms with Crippen LogP contribution in [0.1, 0.15) is 42.5 Å². The maximum atomic E-state index is 12.9. The van der Waals surface area contributed by atoms with Crippen molar-refractivity contribution in [2.24, 2.45) is 0 Å². The summed E-state index contributed by atoms with van der Waals surface area (Å²) in [5.74, 6) is 0.259. The van der Waals surface area contributed by atoms with Crippen LogP contribution in [-0.2, 0) is 4.79 Å². The average molecular weight is 449 g/mol. The van der Waals surface area contributed by atoms with Crippen LogP contribution in [0.3, 0.4) is 0 Å². The molecule has 0 unspecified atom stereocenters. The van der Waals surface area contributed by atoms with Crippen molar-refractivity contribution in [1.82, 2.24) is 14.7 Å². The highest BCUT2D eigenvalue weighted by Crippen LogP contribution is 2.26. The number of thioether (sulfide) groups is 1. The first-order valence-corrected chi connectivity index (χ1v) is 12.0. The van der Waals surface area contributed by atoms with Gasteiger partial charge in [0.05, 0.1) is 17.0 Å². The highest BCUT2D eigenvalue weighted by atomic mass is 32.2. The number of carbonyl (C=O) groups excluding carboxylic acids is 2. The Morgan fingerprint density at radius 2 is 1.81 bits per heavy atom. The van der Waals surface area contributed by atoms with Gasteiger partial charge in [-0.05, 0) is 55.3 Å². The summed E-state index contributed by atoms with van der Waals surface area (Å²) < 4.78 is 1.76. The number of nitrogens with zero attached hydrogens (tertiary/aromatic N) is 3. The molecule has 7 heteroatoms. The Kier molecular flexibility index (Phi) is 7.27. The molecule has 0 saturated heterocycles. The summed E-state index contributed by atoms with van der Waals surface area (Å²) in [7, 11) is 1.91. The van der Waals surface area contributed by atoms with Gasteiger partial charge in [0, 0.05) is 36.1 Å². The van der Waals surface area contributed by atoms with Gasteiger partial charge in [0.2, 0.25) is 5.91 Å². The van der Waals surface area contributed by atoms with Gasteiger partial charge in [0.15, 0.2) is 0 Å². The minimum Gasteiger partial charge on any atom is -0.342 e. The van der Waals surface area contributed by atoms with E-state index in [0.717, 1.165) is 23.4 Å². The maximum absolute atomic E-state index is 12.9. The minimum absolute atomic E-state index is 0.117. The zero-order valence-electron chi connectivity index (χ0n) is 18.2. The second-order valence-electron chi connectivity index (χ2n) is 8.03. The van der Waals surface area contributed by atoms with Crippen molar-refractivity contribution in [2.75, 3.05) is 18.1 Å². The van der Waals surface area contributed by atoms with E-state index in [1.54, 1.807) is 16.9 Å².